The fourth-order valence-corrected chi connectivity index (χ4v) is 5.72. The van der Waals surface area contributed by atoms with Gasteiger partial charge >= 0.3 is 0 Å². The summed E-state index contributed by atoms with van der Waals surface area (Å²) in [5, 5.41) is 5.78. The quantitative estimate of drug-likeness (QED) is 0.550. The number of thioether (sulfide) groups is 1. The van der Waals surface area contributed by atoms with E-state index in [2.05, 4.69) is 28.4 Å². The molecule has 0 radical (unpaired) electrons. The maximum atomic E-state index is 13.3. The van der Waals surface area contributed by atoms with Gasteiger partial charge in [-0.1, -0.05) is 30.3 Å². The van der Waals surface area contributed by atoms with Gasteiger partial charge in [0.15, 0.2) is 0 Å². The zero-order valence-electron chi connectivity index (χ0n) is 18.1. The molecule has 1 saturated heterocycles. The van der Waals surface area contributed by atoms with Crippen molar-refractivity contribution in [3.63, 3.8) is 0 Å². The molecule has 2 atom stereocenters. The molecule has 0 spiro atoms. The van der Waals surface area contributed by atoms with E-state index < -0.39 is 0 Å². The summed E-state index contributed by atoms with van der Waals surface area (Å²) in [6, 6.07) is 19.2. The van der Waals surface area contributed by atoms with Crippen molar-refractivity contribution in [2.45, 2.75) is 48.0 Å². The number of fused-ring (bicyclic) bond motifs is 1. The molecule has 4 nitrogen and oxygen atoms in total. The van der Waals surface area contributed by atoms with E-state index in [1.165, 1.54) is 17.5 Å². The standard InChI is InChI=1S/C26H27FN2O2S/c1-31-25-13-6-17-4-2-3-5-22(17)23(25)16-29-15-21(32-20-11-7-18(27)8-12-20)14-24(29)26(30)28-19-9-10-19/h2-8,11-13,19,21,24H,9-10,14-16H2,1H3,(H,28,30)/t21-,24+/m1/s1. The number of benzene rings is 3. The molecule has 2 fully saturated rings. The van der Waals surface area contributed by atoms with Crippen LogP contribution in [0.1, 0.15) is 24.8 Å². The van der Waals surface area contributed by atoms with Crippen LogP contribution in [0.5, 0.6) is 5.75 Å². The Hall–Kier alpha value is -2.57. The number of ether oxygens (including phenoxy) is 1. The van der Waals surface area contributed by atoms with Gasteiger partial charge in [-0.2, -0.15) is 0 Å². The van der Waals surface area contributed by atoms with E-state index in [1.807, 2.05) is 30.3 Å². The van der Waals surface area contributed by atoms with Crippen molar-refractivity contribution in [1.82, 2.24) is 10.2 Å². The predicted molar refractivity (Wildman–Crippen MR) is 127 cm³/mol. The lowest BCUT2D eigenvalue weighted by Gasteiger charge is -2.25. The third kappa shape index (κ3) is 4.62. The molecule has 1 heterocycles. The van der Waals surface area contributed by atoms with Crippen LogP contribution in [0.2, 0.25) is 0 Å². The summed E-state index contributed by atoms with van der Waals surface area (Å²) in [4.78, 5) is 16.4. The zero-order valence-corrected chi connectivity index (χ0v) is 18.9. The Labute approximate surface area is 192 Å². The molecule has 3 aromatic rings. The second-order valence-electron chi connectivity index (χ2n) is 8.63. The third-order valence-corrected chi connectivity index (χ3v) is 7.51. The lowest BCUT2D eigenvalue weighted by molar-refractivity contribution is -0.125. The summed E-state index contributed by atoms with van der Waals surface area (Å²) in [7, 11) is 1.70. The van der Waals surface area contributed by atoms with Gasteiger partial charge in [-0.25, -0.2) is 4.39 Å². The SMILES string of the molecule is COc1ccc2ccccc2c1CN1C[C@H](Sc2ccc(F)cc2)C[C@H]1C(=O)NC1CC1. The van der Waals surface area contributed by atoms with Gasteiger partial charge in [-0.3, -0.25) is 9.69 Å². The second-order valence-corrected chi connectivity index (χ2v) is 10.00. The minimum Gasteiger partial charge on any atom is -0.496 e. The Balaban J connectivity index is 1.41. The van der Waals surface area contributed by atoms with E-state index in [1.54, 1.807) is 18.9 Å². The molecular weight excluding hydrogens is 423 g/mol. The first-order valence-electron chi connectivity index (χ1n) is 11.1. The number of nitrogens with one attached hydrogen (secondary N) is 1. The van der Waals surface area contributed by atoms with E-state index in [9.17, 15) is 9.18 Å². The molecule has 1 amide bonds. The molecule has 2 aliphatic rings. The Morgan fingerprint density at radius 3 is 2.66 bits per heavy atom. The number of rotatable bonds is 7. The van der Waals surface area contributed by atoms with Crippen LogP contribution in [-0.4, -0.2) is 41.8 Å². The first-order valence-corrected chi connectivity index (χ1v) is 12.0. The number of methoxy groups -OCH3 is 1. The van der Waals surface area contributed by atoms with Crippen molar-refractivity contribution in [1.29, 1.82) is 0 Å². The van der Waals surface area contributed by atoms with Gasteiger partial charge in [0.05, 0.1) is 13.2 Å². The van der Waals surface area contributed by atoms with Crippen molar-refractivity contribution in [3.05, 3.63) is 72.0 Å². The highest BCUT2D eigenvalue weighted by Crippen LogP contribution is 2.37. The molecule has 166 valence electrons. The summed E-state index contributed by atoms with van der Waals surface area (Å²) in [5.74, 6) is 0.737. The van der Waals surface area contributed by atoms with Gasteiger partial charge in [-0.15, -0.1) is 11.8 Å². The summed E-state index contributed by atoms with van der Waals surface area (Å²) >= 11 is 1.72. The molecule has 0 bridgehead atoms. The molecular formula is C26H27FN2O2S. The minimum atomic E-state index is -0.230. The first-order chi connectivity index (χ1) is 15.6. The average molecular weight is 451 g/mol. The van der Waals surface area contributed by atoms with E-state index in [0.717, 1.165) is 47.4 Å². The number of carbonyl (C=O) groups is 1. The maximum Gasteiger partial charge on any atom is 0.237 e. The number of carbonyl (C=O) groups excluding carboxylic acids is 1. The van der Waals surface area contributed by atoms with E-state index >= 15 is 0 Å². The van der Waals surface area contributed by atoms with Crippen molar-refractivity contribution < 1.29 is 13.9 Å². The Kier molecular flexibility index (Phi) is 6.07. The molecule has 3 aromatic carbocycles. The molecule has 1 aliphatic carbocycles. The first kappa shape index (κ1) is 21.3. The number of halogens is 1. The Morgan fingerprint density at radius 2 is 1.91 bits per heavy atom. The normalized spacial score (nSPS) is 21.1. The maximum absolute atomic E-state index is 13.3. The molecule has 1 saturated carbocycles. The average Bonchev–Trinajstić information content (AvgIpc) is 3.53. The monoisotopic (exact) mass is 450 g/mol. The highest BCUT2D eigenvalue weighted by Gasteiger charge is 2.39. The van der Waals surface area contributed by atoms with Gasteiger partial charge in [-0.05, 0) is 60.4 Å². The van der Waals surface area contributed by atoms with Gasteiger partial charge < -0.3 is 10.1 Å². The lowest BCUT2D eigenvalue weighted by atomic mass is 10.0. The second kappa shape index (κ2) is 9.12. The van der Waals surface area contributed by atoms with Crippen LogP contribution in [0, 0.1) is 5.82 Å². The third-order valence-electron chi connectivity index (χ3n) is 6.29. The number of hydrogen-bond donors (Lipinski definition) is 1. The summed E-state index contributed by atoms with van der Waals surface area (Å²) in [6.45, 7) is 1.44. The highest BCUT2D eigenvalue weighted by atomic mass is 32.2. The van der Waals surface area contributed by atoms with Crippen LogP contribution in [-0.2, 0) is 11.3 Å². The number of likely N-dealkylation sites (tertiary alicyclic amines) is 1. The van der Waals surface area contributed by atoms with Crippen LogP contribution in [0.4, 0.5) is 4.39 Å². The van der Waals surface area contributed by atoms with Crippen LogP contribution < -0.4 is 10.1 Å². The Bertz CT molecular complexity index is 1120. The summed E-state index contributed by atoms with van der Waals surface area (Å²) in [5.41, 5.74) is 1.11. The van der Waals surface area contributed by atoms with Crippen LogP contribution in [0.15, 0.2) is 65.6 Å². The van der Waals surface area contributed by atoms with Crippen LogP contribution in [0.25, 0.3) is 10.8 Å². The van der Waals surface area contributed by atoms with Crippen molar-refractivity contribution in [2.75, 3.05) is 13.7 Å². The topological polar surface area (TPSA) is 41.6 Å². The molecule has 32 heavy (non-hydrogen) atoms. The van der Waals surface area contributed by atoms with E-state index in [4.69, 9.17) is 4.74 Å². The predicted octanol–water partition coefficient (Wildman–Crippen LogP) is 5.00. The van der Waals surface area contributed by atoms with Gasteiger partial charge in [0, 0.05) is 34.8 Å². The van der Waals surface area contributed by atoms with Gasteiger partial charge in [0.2, 0.25) is 5.91 Å². The molecule has 6 heteroatoms. The zero-order chi connectivity index (χ0) is 22.1. The summed E-state index contributed by atoms with van der Waals surface area (Å²) in [6.07, 6.45) is 2.92. The summed E-state index contributed by atoms with van der Waals surface area (Å²) < 4.78 is 19.0. The number of hydrogen-bond acceptors (Lipinski definition) is 4. The number of nitrogens with zero attached hydrogens (tertiary/aromatic N) is 1. The molecule has 5 rings (SSSR count). The Morgan fingerprint density at radius 1 is 1.12 bits per heavy atom. The fraction of sp³-hybridized carbons (Fsp3) is 0.346. The molecule has 1 N–H and O–H groups in total. The molecule has 1 aliphatic heterocycles. The van der Waals surface area contributed by atoms with Gasteiger partial charge in [0.25, 0.3) is 0 Å². The lowest BCUT2D eigenvalue weighted by Crippen LogP contribution is -2.43. The highest BCUT2D eigenvalue weighted by molar-refractivity contribution is 8.00. The van der Waals surface area contributed by atoms with Crippen molar-refractivity contribution in [3.8, 4) is 5.75 Å². The van der Waals surface area contributed by atoms with E-state index in [-0.39, 0.29) is 23.0 Å². The molecule has 0 unspecified atom stereocenters. The van der Waals surface area contributed by atoms with Crippen molar-refractivity contribution >= 4 is 28.4 Å². The van der Waals surface area contributed by atoms with Gasteiger partial charge in [0.1, 0.15) is 11.6 Å². The van der Waals surface area contributed by atoms with Crippen LogP contribution in [0.3, 0.4) is 0 Å². The van der Waals surface area contributed by atoms with Crippen LogP contribution >= 0.6 is 11.8 Å². The molecule has 0 aromatic heterocycles. The van der Waals surface area contributed by atoms with Crippen molar-refractivity contribution in [2.24, 2.45) is 0 Å². The van der Waals surface area contributed by atoms with E-state index in [0.29, 0.717) is 12.6 Å². The fourth-order valence-electron chi connectivity index (χ4n) is 4.50. The largest absolute Gasteiger partial charge is 0.496 e. The minimum absolute atomic E-state index is 0.119. The smallest absolute Gasteiger partial charge is 0.237 e. The number of amides is 1.